The van der Waals surface area contributed by atoms with Gasteiger partial charge in [-0.05, 0) is 152 Å². The van der Waals surface area contributed by atoms with Crippen molar-refractivity contribution < 1.29 is 30.8 Å². The van der Waals surface area contributed by atoms with E-state index >= 15 is 0 Å². The van der Waals surface area contributed by atoms with E-state index in [1.54, 1.807) is 22.7 Å². The summed E-state index contributed by atoms with van der Waals surface area (Å²) in [5, 5.41) is 2.02. The molecule has 5 heterocycles. The van der Waals surface area contributed by atoms with E-state index in [9.17, 15) is 14.4 Å². The Kier molecular flexibility index (Phi) is 16.4. The lowest BCUT2D eigenvalue weighted by Gasteiger charge is -2.38. The van der Waals surface area contributed by atoms with E-state index in [1.165, 1.54) is 11.3 Å². The minimum atomic E-state index is -2.38. The number of fused-ring (bicyclic) bond motifs is 1. The van der Waals surface area contributed by atoms with Crippen LogP contribution in [0.3, 0.4) is 0 Å². The number of unbranched alkanes of at least 4 members (excludes halogenated alkanes) is 4. The van der Waals surface area contributed by atoms with E-state index in [4.69, 9.17) is 16.5 Å². The Hall–Kier alpha value is -1.67. The number of carbonyl (C=O) groups is 3. The third kappa shape index (κ3) is 13.9. The molecule has 0 radical (unpaired) electrons. The van der Waals surface area contributed by atoms with Crippen LogP contribution in [0.5, 0.6) is 0 Å². The average molecular weight is 992 g/mol. The van der Waals surface area contributed by atoms with Crippen LogP contribution in [0.4, 0.5) is 0 Å². The summed E-state index contributed by atoms with van der Waals surface area (Å²) >= 11 is 4.59. The first-order chi connectivity index (χ1) is 28.2. The third-order valence-corrected chi connectivity index (χ3v) is 32.3. The Balaban J connectivity index is 1.41. The van der Waals surface area contributed by atoms with Crippen LogP contribution in [0.1, 0.15) is 58.0 Å². The summed E-state index contributed by atoms with van der Waals surface area (Å²) in [5.74, 6) is -0.202. The molecule has 61 heavy (non-hydrogen) atoms. The van der Waals surface area contributed by atoms with E-state index < -0.39 is 50.4 Å². The normalized spacial score (nSPS) is 15.9. The van der Waals surface area contributed by atoms with Gasteiger partial charge in [0.15, 0.2) is 39.6 Å². The van der Waals surface area contributed by atoms with Crippen molar-refractivity contribution >= 4 is 114 Å². The maximum Gasteiger partial charge on any atom is 0.314 e. The molecule has 0 N–H and O–H groups in total. The third-order valence-electron chi connectivity index (χ3n) is 9.87. The lowest BCUT2D eigenvalue weighted by molar-refractivity contribution is -0.124. The second kappa shape index (κ2) is 19.8. The topological polar surface area (TPSA) is 94.6 Å². The van der Waals surface area contributed by atoms with Gasteiger partial charge in [-0.2, -0.15) is 0 Å². The molecule has 0 aromatic carbocycles. The number of nitrogens with zero attached hydrogens (tertiary/aromatic N) is 2. The van der Waals surface area contributed by atoms with Gasteiger partial charge in [-0.3, -0.25) is 14.4 Å². The molecule has 0 unspecified atom stereocenters. The zero-order valence-corrected chi connectivity index (χ0v) is 47.6. The Bertz CT molecular complexity index is 2060. The monoisotopic (exact) mass is 990 g/mol. The van der Waals surface area contributed by atoms with Crippen LogP contribution in [0.25, 0.3) is 21.1 Å². The minimum Gasteiger partial charge on any atom is -0.437 e. The highest BCUT2D eigenvalue weighted by molar-refractivity contribution is 7.23. The molecule has 0 atom stereocenters. The number of hydrogen-bond donors (Lipinski definition) is 0. The van der Waals surface area contributed by atoms with Crippen molar-refractivity contribution in [2.45, 2.75) is 142 Å². The highest BCUT2D eigenvalue weighted by Gasteiger charge is 2.49. The van der Waals surface area contributed by atoms with Gasteiger partial charge >= 0.3 is 17.1 Å². The molecule has 2 amide bonds. The Morgan fingerprint density at radius 1 is 0.508 bits per heavy atom. The van der Waals surface area contributed by atoms with Crippen LogP contribution < -0.4 is 0 Å². The highest BCUT2D eigenvalue weighted by atomic mass is 32.1. The zero-order chi connectivity index (χ0) is 45.2. The molecule has 5 rings (SSSR count). The second-order valence-electron chi connectivity index (χ2n) is 20.6. The maximum absolute atomic E-state index is 14.9. The lowest BCUT2D eigenvalue weighted by atomic mass is 10.1. The van der Waals surface area contributed by atoms with Crippen molar-refractivity contribution in [2.24, 2.45) is 0 Å². The van der Waals surface area contributed by atoms with Gasteiger partial charge < -0.3 is 26.3 Å². The molecule has 2 aliphatic rings. The van der Waals surface area contributed by atoms with Crippen molar-refractivity contribution in [3.05, 3.63) is 67.6 Å². The van der Waals surface area contributed by atoms with Gasteiger partial charge in [-0.15, -0.1) is 34.0 Å². The smallest absolute Gasteiger partial charge is 0.314 e. The number of hydrogen-bond acceptors (Lipinski definition) is 10. The summed E-state index contributed by atoms with van der Waals surface area (Å²) in [7, 11) is -12.0. The van der Waals surface area contributed by atoms with Crippen molar-refractivity contribution in [3.8, 4) is 9.75 Å². The fourth-order valence-electron chi connectivity index (χ4n) is 8.52. The van der Waals surface area contributed by atoms with E-state index in [-0.39, 0.29) is 11.8 Å². The summed E-state index contributed by atoms with van der Waals surface area (Å²) in [6.07, 6.45) is 6.26. The number of rotatable bonds is 24. The molecule has 3 aromatic rings. The predicted molar refractivity (Wildman–Crippen MR) is 273 cm³/mol. The van der Waals surface area contributed by atoms with E-state index in [0.29, 0.717) is 34.8 Å². The largest absolute Gasteiger partial charge is 0.437 e. The number of thiophene rings is 3. The van der Waals surface area contributed by atoms with Gasteiger partial charge in [0, 0.05) is 22.8 Å². The van der Waals surface area contributed by atoms with E-state index in [2.05, 4.69) is 91.7 Å². The molecule has 0 saturated heterocycles. The fraction of sp³-hybridized carbons (Fsp3) is 0.558. The summed E-state index contributed by atoms with van der Waals surface area (Å²) in [4.78, 5) is 49.6. The SMILES string of the molecule is C[Si](C)(C)O[Si](C)(CCCCCN1C(=O)C2=C(c3ccc(-c4ccc(C=O)s4)s3)N(CCCCC[Si](C)(O[Si](C)(C)C)O[Si](C)(C)C)C(=O)C2=C1c1cccs1)O[Si](C)(C)C. The minimum absolute atomic E-state index is 0.101. The molecule has 336 valence electrons. The van der Waals surface area contributed by atoms with Crippen molar-refractivity contribution in [2.75, 3.05) is 13.1 Å². The van der Waals surface area contributed by atoms with Crippen LogP contribution >= 0.6 is 34.0 Å². The quantitative estimate of drug-likeness (QED) is 0.0501. The average Bonchev–Trinajstić information content (AvgIpc) is 3.93. The van der Waals surface area contributed by atoms with E-state index in [0.717, 1.165) is 82.1 Å². The van der Waals surface area contributed by atoms with Crippen LogP contribution in [-0.2, 0) is 26.0 Å². The molecule has 2 aliphatic heterocycles. The molecule has 0 spiro atoms. The Morgan fingerprint density at radius 2 is 0.918 bits per heavy atom. The molecule has 18 heteroatoms. The number of carbonyl (C=O) groups excluding carboxylic acids is 3. The van der Waals surface area contributed by atoms with Gasteiger partial charge in [0.1, 0.15) is 0 Å². The standard InChI is InChI=1S/C43H70N2O7S3Si6/c1-56(2,3)49-60(13,50-57(4,5)6)30-19-15-17-27-44-40(36-22-21-29-53-36)38-39(43(44)48)41(37-26-25-35(55-37)34-24-23-33(32-46)54-34)45(42(38)47)28-18-16-20-31-61(14,51-58(7,8)9)52-59(10,11)12/h21-26,29,32H,15-20,27-28,30-31H2,1-14H3. The summed E-state index contributed by atoms with van der Waals surface area (Å²) in [6.45, 7) is 32.4. The number of amides is 2. The van der Waals surface area contributed by atoms with Gasteiger partial charge in [-0.1, -0.05) is 31.7 Å². The molecule has 0 aliphatic carbocycles. The maximum atomic E-state index is 14.9. The molecule has 0 fully saturated rings. The van der Waals surface area contributed by atoms with E-state index in [1.807, 2.05) is 51.6 Å². The van der Waals surface area contributed by atoms with Crippen molar-refractivity contribution in [1.29, 1.82) is 0 Å². The predicted octanol–water partition coefficient (Wildman–Crippen LogP) is 13.0. The molecule has 0 saturated carbocycles. The highest BCUT2D eigenvalue weighted by Crippen LogP contribution is 2.49. The van der Waals surface area contributed by atoms with Gasteiger partial charge in [0.05, 0.1) is 37.2 Å². The lowest BCUT2D eigenvalue weighted by Crippen LogP contribution is -2.52. The summed E-state index contributed by atoms with van der Waals surface area (Å²) in [5.41, 5.74) is 2.49. The van der Waals surface area contributed by atoms with Gasteiger partial charge in [0.25, 0.3) is 11.8 Å². The molecule has 3 aromatic heterocycles. The molecular formula is C43H70N2O7S3Si6. The second-order valence-corrected chi connectivity index (χ2v) is 49.4. The summed E-state index contributed by atoms with van der Waals surface area (Å²) < 4.78 is 27.1. The number of aldehydes is 1. The Labute approximate surface area is 384 Å². The van der Waals surface area contributed by atoms with Crippen LogP contribution in [0, 0.1) is 0 Å². The van der Waals surface area contributed by atoms with Gasteiger partial charge in [-0.25, -0.2) is 0 Å². The van der Waals surface area contributed by atoms with Crippen LogP contribution in [0.2, 0.25) is 104 Å². The van der Waals surface area contributed by atoms with Crippen LogP contribution in [0.15, 0.2) is 52.9 Å². The first-order valence-electron chi connectivity index (χ1n) is 21.8. The first-order valence-corrected chi connectivity index (χ1v) is 43.0. The van der Waals surface area contributed by atoms with Crippen LogP contribution in [-0.4, -0.2) is 91.4 Å². The molecule has 9 nitrogen and oxygen atoms in total. The molecular weight excluding hydrogens is 921 g/mol. The van der Waals surface area contributed by atoms with Gasteiger partial charge in [0.2, 0.25) is 0 Å². The van der Waals surface area contributed by atoms with Crippen molar-refractivity contribution in [1.82, 2.24) is 9.80 Å². The summed E-state index contributed by atoms with van der Waals surface area (Å²) in [6, 6.07) is 13.8. The first kappa shape index (κ1) is 50.3. The Morgan fingerprint density at radius 3 is 1.31 bits per heavy atom. The zero-order valence-electron chi connectivity index (χ0n) is 39.2. The fourth-order valence-corrected chi connectivity index (χ4v) is 36.5. The molecule has 0 bridgehead atoms. The van der Waals surface area contributed by atoms with Crippen molar-refractivity contribution in [3.63, 3.8) is 0 Å².